The highest BCUT2D eigenvalue weighted by Gasteiger charge is 2.48. The maximum absolute atomic E-state index is 7.30. The molecule has 13 aromatic carbocycles. The third-order valence-corrected chi connectivity index (χ3v) is 17.4. The maximum Gasteiger partial charge on any atom is 0.159 e. The summed E-state index contributed by atoms with van der Waals surface area (Å²) in [7, 11) is 0. The van der Waals surface area contributed by atoms with Gasteiger partial charge in [0.15, 0.2) is 11.2 Å². The van der Waals surface area contributed by atoms with Gasteiger partial charge in [-0.3, -0.25) is 0 Å². The molecule has 0 N–H and O–H groups in total. The molecular weight excluding hydrogens is 1010 g/mol. The fraction of sp³-hybridized carbons (Fsp3) is 0.0380. The highest BCUT2D eigenvalue weighted by molar-refractivity contribution is 6.17. The van der Waals surface area contributed by atoms with Crippen molar-refractivity contribution in [2.24, 2.45) is 0 Å². The Morgan fingerprint density at radius 1 is 0.277 bits per heavy atom. The Balaban J connectivity index is 0.985. The SMILES string of the molecule is Cc1ccccc1N(c1ccc2c(c1)C(c1ccccc1)(c1ccccc1)c1cc(N(c3ccccc3C)c3cccc4c3oc3c(-c5ccccc5)cccc34)c3ccccc3c1-2)c1cccc2c1oc1c(-c3ccccc3)cccc12. The van der Waals surface area contributed by atoms with Crippen molar-refractivity contribution < 1.29 is 8.83 Å². The van der Waals surface area contributed by atoms with E-state index in [0.717, 1.165) is 117 Å². The van der Waals surface area contributed by atoms with E-state index in [2.05, 4.69) is 315 Å². The molecule has 2 heterocycles. The lowest BCUT2D eigenvalue weighted by atomic mass is 9.67. The Kier molecular flexibility index (Phi) is 11.2. The van der Waals surface area contributed by atoms with E-state index in [0.29, 0.717) is 0 Å². The molecule has 0 amide bonds. The summed E-state index contributed by atoms with van der Waals surface area (Å²) in [6, 6.07) is 106. The second kappa shape index (κ2) is 19.3. The topological polar surface area (TPSA) is 32.8 Å². The summed E-state index contributed by atoms with van der Waals surface area (Å²) in [4.78, 5) is 4.89. The van der Waals surface area contributed by atoms with Crippen LogP contribution in [0.15, 0.2) is 300 Å². The number of nitrogens with zero attached hydrogens (tertiary/aromatic N) is 2. The Morgan fingerprint density at radius 2 is 0.687 bits per heavy atom. The number of anilines is 6. The van der Waals surface area contributed by atoms with Crippen molar-refractivity contribution in [2.45, 2.75) is 19.3 Å². The van der Waals surface area contributed by atoms with Crippen LogP contribution in [0.4, 0.5) is 34.1 Å². The molecule has 83 heavy (non-hydrogen) atoms. The van der Waals surface area contributed by atoms with E-state index in [1.54, 1.807) is 0 Å². The van der Waals surface area contributed by atoms with Gasteiger partial charge in [0.25, 0.3) is 0 Å². The van der Waals surface area contributed by atoms with Gasteiger partial charge in [0, 0.05) is 55.1 Å². The first-order chi connectivity index (χ1) is 41.0. The van der Waals surface area contributed by atoms with Gasteiger partial charge in [-0.15, -0.1) is 0 Å². The minimum atomic E-state index is -0.803. The summed E-state index contributed by atoms with van der Waals surface area (Å²) in [6.45, 7) is 4.42. The van der Waals surface area contributed by atoms with Crippen molar-refractivity contribution in [3.8, 4) is 33.4 Å². The van der Waals surface area contributed by atoms with Crippen LogP contribution in [-0.2, 0) is 5.41 Å². The molecule has 1 aliphatic rings. The molecule has 0 saturated carbocycles. The van der Waals surface area contributed by atoms with Gasteiger partial charge in [-0.25, -0.2) is 0 Å². The van der Waals surface area contributed by atoms with Gasteiger partial charge in [0.1, 0.15) is 11.2 Å². The van der Waals surface area contributed by atoms with Gasteiger partial charge in [-0.2, -0.15) is 0 Å². The van der Waals surface area contributed by atoms with Gasteiger partial charge in [0.05, 0.1) is 22.5 Å². The molecule has 4 heteroatoms. The third kappa shape index (κ3) is 7.39. The predicted octanol–water partition coefficient (Wildman–Crippen LogP) is 21.9. The lowest BCUT2D eigenvalue weighted by molar-refractivity contribution is 0.670. The number of furan rings is 2. The quantitative estimate of drug-likeness (QED) is 0.137. The summed E-state index contributed by atoms with van der Waals surface area (Å²) in [5.41, 5.74) is 22.6. The summed E-state index contributed by atoms with van der Waals surface area (Å²) in [5.74, 6) is 0. The molecule has 0 unspecified atom stereocenters. The second-order valence-corrected chi connectivity index (χ2v) is 21.9. The minimum absolute atomic E-state index is 0.803. The third-order valence-electron chi connectivity index (χ3n) is 17.4. The molecule has 0 saturated heterocycles. The zero-order valence-electron chi connectivity index (χ0n) is 45.9. The zero-order valence-corrected chi connectivity index (χ0v) is 45.9. The van der Waals surface area contributed by atoms with E-state index >= 15 is 0 Å². The zero-order chi connectivity index (χ0) is 55.2. The number of hydrogen-bond acceptors (Lipinski definition) is 4. The highest BCUT2D eigenvalue weighted by atomic mass is 16.3. The van der Waals surface area contributed by atoms with Gasteiger partial charge >= 0.3 is 0 Å². The summed E-state index contributed by atoms with van der Waals surface area (Å²) < 4.78 is 14.5. The van der Waals surface area contributed by atoms with Crippen LogP contribution in [0.3, 0.4) is 0 Å². The number of benzene rings is 13. The van der Waals surface area contributed by atoms with Crippen LogP contribution in [0.25, 0.3) is 88.0 Å². The fourth-order valence-electron chi connectivity index (χ4n) is 13.7. The Labute approximate surface area is 482 Å². The molecule has 392 valence electrons. The van der Waals surface area contributed by atoms with Crippen molar-refractivity contribution >= 4 is 88.8 Å². The maximum atomic E-state index is 7.30. The summed E-state index contributed by atoms with van der Waals surface area (Å²) in [6.07, 6.45) is 0. The van der Waals surface area contributed by atoms with E-state index in [-0.39, 0.29) is 0 Å². The molecular formula is C79H54N2O2. The van der Waals surface area contributed by atoms with Crippen LogP contribution in [0.1, 0.15) is 33.4 Å². The highest BCUT2D eigenvalue weighted by Crippen LogP contribution is 2.61. The van der Waals surface area contributed by atoms with E-state index in [1.165, 1.54) is 38.8 Å². The molecule has 0 bridgehead atoms. The number of hydrogen-bond donors (Lipinski definition) is 0. The Morgan fingerprint density at radius 3 is 1.22 bits per heavy atom. The molecule has 0 aliphatic heterocycles. The number of aryl methyl sites for hydroxylation is 2. The first-order valence-corrected chi connectivity index (χ1v) is 28.6. The van der Waals surface area contributed by atoms with Crippen molar-refractivity contribution in [2.75, 3.05) is 9.80 Å². The molecule has 1 aliphatic carbocycles. The lowest BCUT2D eigenvalue weighted by Crippen LogP contribution is -2.29. The Bertz CT molecular complexity index is 4960. The predicted molar refractivity (Wildman–Crippen MR) is 346 cm³/mol. The average molecular weight is 1060 g/mol. The molecule has 0 radical (unpaired) electrons. The molecule has 0 atom stereocenters. The van der Waals surface area contributed by atoms with Crippen molar-refractivity contribution in [3.63, 3.8) is 0 Å². The molecule has 4 nitrogen and oxygen atoms in total. The molecule has 0 spiro atoms. The summed E-state index contributed by atoms with van der Waals surface area (Å²) in [5, 5.41) is 6.60. The number of para-hydroxylation sites is 6. The molecule has 0 fully saturated rings. The van der Waals surface area contributed by atoms with E-state index in [9.17, 15) is 0 Å². The van der Waals surface area contributed by atoms with Crippen LogP contribution in [-0.4, -0.2) is 0 Å². The normalized spacial score (nSPS) is 12.6. The van der Waals surface area contributed by atoms with Crippen LogP contribution in [0.5, 0.6) is 0 Å². The van der Waals surface area contributed by atoms with Crippen molar-refractivity contribution in [1.82, 2.24) is 0 Å². The Hall–Kier alpha value is -10.7. The first kappa shape index (κ1) is 48.2. The van der Waals surface area contributed by atoms with Crippen molar-refractivity contribution in [3.05, 3.63) is 325 Å². The largest absolute Gasteiger partial charge is 0.453 e. The fourth-order valence-corrected chi connectivity index (χ4v) is 13.7. The van der Waals surface area contributed by atoms with Crippen molar-refractivity contribution in [1.29, 1.82) is 0 Å². The van der Waals surface area contributed by atoms with Gasteiger partial charge in [-0.05, 0) is 117 Å². The van der Waals surface area contributed by atoms with Gasteiger partial charge < -0.3 is 18.6 Å². The van der Waals surface area contributed by atoms with Gasteiger partial charge in [0.2, 0.25) is 0 Å². The van der Waals surface area contributed by atoms with Crippen LogP contribution >= 0.6 is 0 Å². The minimum Gasteiger partial charge on any atom is -0.453 e. The second-order valence-electron chi connectivity index (χ2n) is 21.9. The van der Waals surface area contributed by atoms with E-state index < -0.39 is 5.41 Å². The standard InChI is InChI=1S/C79H54N2O2/c1-51-25-15-19-43-69(51)80(71-45-23-41-64-62-39-21-37-58(75(62)82-77(64)71)53-27-7-3-8-28-53)57-47-48-66-67(49-57)79(55-31-11-5-12-32-55,56-33-13-6-14-34-56)68-50-73(60-35-17-18-36-61(60)74(66)68)81(70-44-20-16-26-52(70)2)72-46-24-42-65-63-40-22-38-59(76(63)83-78(65)72)54-29-9-4-10-30-54/h3-50H,1-2H3. The monoisotopic (exact) mass is 1060 g/mol. The van der Waals surface area contributed by atoms with Crippen LogP contribution in [0.2, 0.25) is 0 Å². The number of rotatable bonds is 10. The van der Waals surface area contributed by atoms with E-state index in [1.807, 2.05) is 0 Å². The van der Waals surface area contributed by atoms with E-state index in [4.69, 9.17) is 8.83 Å². The van der Waals surface area contributed by atoms with Gasteiger partial charge in [-0.1, -0.05) is 249 Å². The first-order valence-electron chi connectivity index (χ1n) is 28.6. The number of fused-ring (bicyclic) bond motifs is 11. The molecule has 15 aromatic rings. The molecule has 16 rings (SSSR count). The smallest absolute Gasteiger partial charge is 0.159 e. The van der Waals surface area contributed by atoms with Crippen LogP contribution < -0.4 is 9.80 Å². The molecule has 2 aromatic heterocycles. The van der Waals surface area contributed by atoms with Crippen LogP contribution in [0, 0.1) is 13.8 Å². The lowest BCUT2D eigenvalue weighted by Gasteiger charge is -2.36. The summed E-state index contributed by atoms with van der Waals surface area (Å²) >= 11 is 0. The average Bonchev–Trinajstić information content (AvgIpc) is 1.81.